The number of aromatic nitrogens is 1. The van der Waals surface area contributed by atoms with Gasteiger partial charge in [-0.3, -0.25) is 0 Å². The van der Waals surface area contributed by atoms with Crippen LogP contribution in [0.2, 0.25) is 0 Å². The first-order valence-electron chi connectivity index (χ1n) is 5.68. The Morgan fingerprint density at radius 2 is 2.24 bits per heavy atom. The highest BCUT2D eigenvalue weighted by Gasteiger charge is 2.15. The van der Waals surface area contributed by atoms with Crippen LogP contribution in [0.15, 0.2) is 18.3 Å². The molecule has 0 radical (unpaired) electrons. The van der Waals surface area contributed by atoms with Crippen LogP contribution in [0.1, 0.15) is 25.8 Å². The Hall–Kier alpha value is -1.60. The summed E-state index contributed by atoms with van der Waals surface area (Å²) in [7, 11) is 1.60. The summed E-state index contributed by atoms with van der Waals surface area (Å²) < 4.78 is 4.99. The summed E-state index contributed by atoms with van der Waals surface area (Å²) in [6.45, 7) is 5.48. The molecule has 0 aliphatic carbocycles. The van der Waals surface area contributed by atoms with Crippen LogP contribution in [-0.4, -0.2) is 18.6 Å². The highest BCUT2D eigenvalue weighted by Crippen LogP contribution is 2.17. The number of methoxy groups -OCH3 is 1. The maximum Gasteiger partial charge on any atom is 0.212 e. The van der Waals surface area contributed by atoms with E-state index in [0.717, 1.165) is 25.1 Å². The van der Waals surface area contributed by atoms with Crippen LogP contribution in [0, 0.1) is 16.7 Å². The fraction of sp³-hybridized carbons (Fsp3) is 0.538. The zero-order chi connectivity index (χ0) is 12.7. The van der Waals surface area contributed by atoms with Crippen molar-refractivity contribution in [1.29, 1.82) is 5.26 Å². The van der Waals surface area contributed by atoms with Gasteiger partial charge in [-0.1, -0.05) is 6.07 Å². The molecule has 0 saturated heterocycles. The minimum atomic E-state index is -0.259. The average Bonchev–Trinajstić information content (AvgIpc) is 2.35. The smallest absolute Gasteiger partial charge is 0.212 e. The number of nitrogens with zero attached hydrogens (tertiary/aromatic N) is 2. The predicted molar refractivity (Wildman–Crippen MR) is 66.5 cm³/mol. The molecule has 92 valence electrons. The fourth-order valence-electron chi connectivity index (χ4n) is 1.33. The minimum Gasteiger partial charge on any atom is -0.481 e. The third kappa shape index (κ3) is 4.83. The van der Waals surface area contributed by atoms with E-state index in [1.54, 1.807) is 13.3 Å². The molecule has 1 aromatic rings. The van der Waals surface area contributed by atoms with E-state index in [4.69, 9.17) is 10.00 Å². The van der Waals surface area contributed by atoms with Gasteiger partial charge >= 0.3 is 0 Å². The molecule has 1 aromatic heterocycles. The first-order valence-corrected chi connectivity index (χ1v) is 5.68. The van der Waals surface area contributed by atoms with E-state index in [-0.39, 0.29) is 5.41 Å². The van der Waals surface area contributed by atoms with E-state index in [1.807, 2.05) is 26.0 Å². The molecule has 0 spiro atoms. The lowest BCUT2D eigenvalue weighted by Crippen LogP contribution is -2.21. The molecule has 0 atom stereocenters. The van der Waals surface area contributed by atoms with Gasteiger partial charge in [0.2, 0.25) is 5.88 Å². The van der Waals surface area contributed by atoms with E-state index in [2.05, 4.69) is 16.4 Å². The Morgan fingerprint density at radius 1 is 1.47 bits per heavy atom. The maximum atomic E-state index is 8.87. The molecule has 0 aromatic carbocycles. The van der Waals surface area contributed by atoms with E-state index >= 15 is 0 Å². The van der Waals surface area contributed by atoms with Crippen molar-refractivity contribution in [2.24, 2.45) is 5.41 Å². The lowest BCUT2D eigenvalue weighted by atomic mass is 9.91. The second-order valence-electron chi connectivity index (χ2n) is 4.63. The molecule has 0 fully saturated rings. The van der Waals surface area contributed by atoms with E-state index in [1.165, 1.54) is 0 Å². The van der Waals surface area contributed by atoms with Crippen molar-refractivity contribution in [3.05, 3.63) is 23.9 Å². The molecule has 0 aliphatic rings. The molecule has 1 heterocycles. The standard InChI is InChI=1S/C13H19N3O/c1-13(2,10-14)6-7-15-8-11-4-5-12(17-3)16-9-11/h4-5,9,15H,6-8H2,1-3H3. The predicted octanol–water partition coefficient (Wildman–Crippen LogP) is 2.12. The summed E-state index contributed by atoms with van der Waals surface area (Å²) in [5.74, 6) is 0.624. The normalized spacial score (nSPS) is 10.9. The fourth-order valence-corrected chi connectivity index (χ4v) is 1.33. The van der Waals surface area contributed by atoms with Crippen molar-refractivity contribution in [2.75, 3.05) is 13.7 Å². The third-order valence-corrected chi connectivity index (χ3v) is 2.57. The molecule has 0 amide bonds. The Morgan fingerprint density at radius 3 is 2.76 bits per heavy atom. The van der Waals surface area contributed by atoms with Crippen LogP contribution >= 0.6 is 0 Å². The van der Waals surface area contributed by atoms with Crippen molar-refractivity contribution >= 4 is 0 Å². The van der Waals surface area contributed by atoms with Crippen molar-refractivity contribution in [2.45, 2.75) is 26.8 Å². The lowest BCUT2D eigenvalue weighted by molar-refractivity contribution is 0.397. The van der Waals surface area contributed by atoms with Gasteiger partial charge in [-0.05, 0) is 32.4 Å². The van der Waals surface area contributed by atoms with Crippen LogP contribution in [0.3, 0.4) is 0 Å². The van der Waals surface area contributed by atoms with Crippen LogP contribution in [0.25, 0.3) is 0 Å². The number of hydrogen-bond donors (Lipinski definition) is 1. The summed E-state index contributed by atoms with van der Waals surface area (Å²) >= 11 is 0. The second-order valence-corrected chi connectivity index (χ2v) is 4.63. The van der Waals surface area contributed by atoms with Gasteiger partial charge in [0.15, 0.2) is 0 Å². The minimum absolute atomic E-state index is 0.259. The summed E-state index contributed by atoms with van der Waals surface area (Å²) in [5.41, 5.74) is 0.853. The van der Waals surface area contributed by atoms with Crippen molar-refractivity contribution in [3.8, 4) is 11.9 Å². The summed E-state index contributed by atoms with van der Waals surface area (Å²) in [6, 6.07) is 6.11. The number of pyridine rings is 1. The lowest BCUT2D eigenvalue weighted by Gasteiger charge is -2.14. The quantitative estimate of drug-likeness (QED) is 0.765. The van der Waals surface area contributed by atoms with Crippen LogP contribution in [0.4, 0.5) is 0 Å². The Kier molecular flexibility index (Phi) is 4.92. The highest BCUT2D eigenvalue weighted by atomic mass is 16.5. The monoisotopic (exact) mass is 233 g/mol. The van der Waals surface area contributed by atoms with Crippen molar-refractivity contribution in [1.82, 2.24) is 10.3 Å². The summed E-state index contributed by atoms with van der Waals surface area (Å²) in [4.78, 5) is 4.13. The largest absolute Gasteiger partial charge is 0.481 e. The maximum absolute atomic E-state index is 8.87. The number of nitriles is 1. The van der Waals surface area contributed by atoms with Crippen LogP contribution in [0.5, 0.6) is 5.88 Å². The molecule has 0 unspecified atom stereocenters. The molecule has 0 aliphatic heterocycles. The van der Waals surface area contributed by atoms with Gasteiger partial charge in [0.05, 0.1) is 18.6 Å². The van der Waals surface area contributed by atoms with Crippen LogP contribution in [-0.2, 0) is 6.54 Å². The van der Waals surface area contributed by atoms with Crippen molar-refractivity contribution in [3.63, 3.8) is 0 Å². The molecule has 4 nitrogen and oxygen atoms in total. The van der Waals surface area contributed by atoms with E-state index in [9.17, 15) is 0 Å². The van der Waals surface area contributed by atoms with Gasteiger partial charge in [-0.2, -0.15) is 5.26 Å². The molecule has 4 heteroatoms. The highest BCUT2D eigenvalue weighted by molar-refractivity contribution is 5.17. The molecule has 0 saturated carbocycles. The topological polar surface area (TPSA) is 57.9 Å². The van der Waals surface area contributed by atoms with Gasteiger partial charge in [0.1, 0.15) is 0 Å². The molecular formula is C13H19N3O. The molecular weight excluding hydrogens is 214 g/mol. The van der Waals surface area contributed by atoms with Gasteiger partial charge < -0.3 is 10.1 Å². The van der Waals surface area contributed by atoms with E-state index < -0.39 is 0 Å². The Bertz CT molecular complexity index is 379. The molecule has 17 heavy (non-hydrogen) atoms. The van der Waals surface area contributed by atoms with E-state index in [0.29, 0.717) is 5.88 Å². The van der Waals surface area contributed by atoms with Gasteiger partial charge in [0.25, 0.3) is 0 Å². The average molecular weight is 233 g/mol. The summed E-state index contributed by atoms with van der Waals surface area (Å²) in [5, 5.41) is 12.2. The number of ether oxygens (including phenoxy) is 1. The number of nitrogens with one attached hydrogen (secondary N) is 1. The molecule has 1 rings (SSSR count). The third-order valence-electron chi connectivity index (χ3n) is 2.57. The first kappa shape index (κ1) is 13.5. The number of rotatable bonds is 6. The second kappa shape index (κ2) is 6.21. The first-order chi connectivity index (χ1) is 8.07. The molecule has 0 bridgehead atoms. The van der Waals surface area contributed by atoms with Gasteiger partial charge in [-0.25, -0.2) is 4.98 Å². The summed E-state index contributed by atoms with van der Waals surface area (Å²) in [6.07, 6.45) is 2.63. The zero-order valence-corrected chi connectivity index (χ0v) is 10.7. The molecule has 1 N–H and O–H groups in total. The van der Waals surface area contributed by atoms with Gasteiger partial charge in [-0.15, -0.1) is 0 Å². The van der Waals surface area contributed by atoms with Crippen molar-refractivity contribution < 1.29 is 4.74 Å². The van der Waals surface area contributed by atoms with Crippen LogP contribution < -0.4 is 10.1 Å². The number of hydrogen-bond acceptors (Lipinski definition) is 4. The Balaban J connectivity index is 2.29. The zero-order valence-electron chi connectivity index (χ0n) is 10.7. The SMILES string of the molecule is COc1ccc(CNCCC(C)(C)C#N)cn1. The Labute approximate surface area is 103 Å². The van der Waals surface area contributed by atoms with Gasteiger partial charge in [0, 0.05) is 18.8 Å².